The fraction of sp³-hybridized carbons (Fsp3) is 0.429. The lowest BCUT2D eigenvalue weighted by Crippen LogP contribution is -2.55. The number of carbonyl (C=O) groups is 5. The number of imide groups is 2. The van der Waals surface area contributed by atoms with E-state index in [1.54, 1.807) is 30.3 Å². The van der Waals surface area contributed by atoms with Crippen LogP contribution in [-0.4, -0.2) is 114 Å². The zero-order valence-corrected chi connectivity index (χ0v) is 31.6. The summed E-state index contributed by atoms with van der Waals surface area (Å²) in [6, 6.07) is 19.9. The third-order valence-electron chi connectivity index (χ3n) is 12.4. The summed E-state index contributed by atoms with van der Waals surface area (Å²) >= 11 is 6.22. The summed E-state index contributed by atoms with van der Waals surface area (Å²) in [7, 11) is 0. The van der Waals surface area contributed by atoms with E-state index in [4.69, 9.17) is 21.6 Å². The van der Waals surface area contributed by atoms with Crippen LogP contribution < -0.4 is 19.9 Å². The monoisotopic (exact) mass is 775 g/mol. The average molecular weight is 776 g/mol. The van der Waals surface area contributed by atoms with Gasteiger partial charge in [0.15, 0.2) is 0 Å². The van der Waals surface area contributed by atoms with E-state index in [-0.39, 0.29) is 36.9 Å². The van der Waals surface area contributed by atoms with Gasteiger partial charge >= 0.3 is 0 Å². The van der Waals surface area contributed by atoms with Gasteiger partial charge in [-0.3, -0.25) is 39.1 Å². The number of halogens is 1. The molecule has 6 aliphatic heterocycles. The molecule has 0 spiro atoms. The molecule has 2 bridgehead atoms. The number of anilines is 2. The summed E-state index contributed by atoms with van der Waals surface area (Å²) in [5.41, 5.74) is 3.73. The van der Waals surface area contributed by atoms with Crippen LogP contribution in [-0.2, 0) is 9.59 Å². The minimum atomic E-state index is -0.971. The van der Waals surface area contributed by atoms with Crippen LogP contribution in [0.3, 0.4) is 0 Å². The van der Waals surface area contributed by atoms with E-state index in [2.05, 4.69) is 43.1 Å². The molecular formula is C42H42ClN7O6. The van der Waals surface area contributed by atoms with Gasteiger partial charge in [0, 0.05) is 106 Å². The van der Waals surface area contributed by atoms with Crippen LogP contribution in [0.2, 0.25) is 5.02 Å². The lowest BCUT2D eigenvalue weighted by Gasteiger charge is -2.45. The molecule has 6 heterocycles. The van der Waals surface area contributed by atoms with Gasteiger partial charge in [0.2, 0.25) is 11.8 Å². The van der Waals surface area contributed by atoms with E-state index in [1.165, 1.54) is 0 Å². The van der Waals surface area contributed by atoms with E-state index >= 15 is 0 Å². The third-order valence-corrected chi connectivity index (χ3v) is 12.7. The molecule has 0 aliphatic carbocycles. The molecule has 5 saturated heterocycles. The summed E-state index contributed by atoms with van der Waals surface area (Å²) in [4.78, 5) is 74.3. The van der Waals surface area contributed by atoms with Crippen molar-refractivity contribution in [2.45, 2.75) is 62.8 Å². The molecule has 3 aromatic rings. The maximum absolute atomic E-state index is 13.8. The quantitative estimate of drug-likeness (QED) is 0.332. The molecule has 1 N–H and O–H groups in total. The highest BCUT2D eigenvalue weighted by atomic mass is 35.5. The first-order valence-electron chi connectivity index (χ1n) is 19.5. The van der Waals surface area contributed by atoms with E-state index < -0.39 is 29.7 Å². The predicted molar refractivity (Wildman–Crippen MR) is 207 cm³/mol. The minimum absolute atomic E-state index is 0.00354. The van der Waals surface area contributed by atoms with Crippen LogP contribution in [0.15, 0.2) is 60.7 Å². The topological polar surface area (TPSA) is 147 Å². The van der Waals surface area contributed by atoms with Crippen LogP contribution in [0, 0.1) is 17.2 Å². The van der Waals surface area contributed by atoms with Gasteiger partial charge in [-0.1, -0.05) is 11.6 Å². The Balaban J connectivity index is 0.735. The summed E-state index contributed by atoms with van der Waals surface area (Å²) < 4.78 is 6.26. The second-order valence-electron chi connectivity index (χ2n) is 15.8. The molecule has 5 amide bonds. The van der Waals surface area contributed by atoms with Gasteiger partial charge in [0.1, 0.15) is 24.0 Å². The van der Waals surface area contributed by atoms with Gasteiger partial charge in [0.05, 0.1) is 21.7 Å². The highest BCUT2D eigenvalue weighted by Gasteiger charge is 2.46. The molecule has 0 aromatic heterocycles. The molecule has 3 aromatic carbocycles. The van der Waals surface area contributed by atoms with E-state index in [0.29, 0.717) is 38.9 Å². The molecule has 0 radical (unpaired) electrons. The van der Waals surface area contributed by atoms with Crippen molar-refractivity contribution < 1.29 is 28.7 Å². The number of amides is 5. The lowest BCUT2D eigenvalue weighted by molar-refractivity contribution is -0.136. The molecule has 14 heteroatoms. The zero-order valence-electron chi connectivity index (χ0n) is 30.9. The van der Waals surface area contributed by atoms with Crippen molar-refractivity contribution >= 4 is 52.5 Å². The van der Waals surface area contributed by atoms with Gasteiger partial charge in [-0.05, 0) is 73.9 Å². The Kier molecular flexibility index (Phi) is 9.42. The van der Waals surface area contributed by atoms with E-state index in [0.717, 1.165) is 87.8 Å². The number of nitrogens with zero attached hydrogens (tertiary/aromatic N) is 6. The molecule has 4 atom stereocenters. The van der Waals surface area contributed by atoms with Crippen LogP contribution in [0.25, 0.3) is 0 Å². The van der Waals surface area contributed by atoms with Crippen LogP contribution in [0.5, 0.6) is 5.75 Å². The predicted octanol–water partition coefficient (Wildman–Crippen LogP) is 4.09. The summed E-state index contributed by atoms with van der Waals surface area (Å²) in [6.45, 7) is 6.37. The maximum atomic E-state index is 13.8. The fourth-order valence-electron chi connectivity index (χ4n) is 9.48. The number of piperidine rings is 2. The highest BCUT2D eigenvalue weighted by Crippen LogP contribution is 2.39. The minimum Gasteiger partial charge on any atom is -0.490 e. The summed E-state index contributed by atoms with van der Waals surface area (Å²) in [5.74, 6) is -0.760. The van der Waals surface area contributed by atoms with Gasteiger partial charge in [-0.25, -0.2) is 0 Å². The van der Waals surface area contributed by atoms with E-state index in [1.807, 2.05) is 18.2 Å². The number of fused-ring (bicyclic) bond motifs is 3. The highest BCUT2D eigenvalue weighted by molar-refractivity contribution is 6.31. The number of ether oxygens (including phenoxy) is 1. The first kappa shape index (κ1) is 36.2. The smallest absolute Gasteiger partial charge is 0.262 e. The lowest BCUT2D eigenvalue weighted by atomic mass is 9.97. The molecule has 9 rings (SSSR count). The first-order valence-corrected chi connectivity index (χ1v) is 19.9. The van der Waals surface area contributed by atoms with Crippen molar-refractivity contribution in [3.63, 3.8) is 0 Å². The second kappa shape index (κ2) is 14.6. The van der Waals surface area contributed by atoms with Crippen molar-refractivity contribution in [3.05, 3.63) is 87.9 Å². The molecule has 0 saturated carbocycles. The van der Waals surface area contributed by atoms with Crippen molar-refractivity contribution in [2.24, 2.45) is 5.92 Å². The van der Waals surface area contributed by atoms with Crippen molar-refractivity contribution in [3.8, 4) is 11.8 Å². The standard InChI is InChI=1S/C42H42ClN7O6/c43-36-20-32(9-3-27(36)21-44)56-33-17-30-6-7-31(18-33)49(30)40(53)26-1-4-28(5-2-26)47-15-13-46(14-16-47)22-25-23-48(24-25)29-8-10-34-35(19-29)42(55)50(41(34)54)37-11-12-38(51)45-39(37)52/h1-5,8-10,19-20,25,30-31,33,37H,6-7,11-18,22-24H2,(H,45,51,52)/t30-,31+,33+,37?. The SMILES string of the molecule is N#Cc1ccc(O[C@H]2C[C@H]3CC[C@@H](C2)N3C(=O)c2ccc(N3CCN(CC4CN(c5ccc6c(c5)C(=O)N(C5CCC(=O)NC5=O)C6=O)C4)CC3)cc2)cc1Cl. The Morgan fingerprint density at radius 2 is 1.52 bits per heavy atom. The van der Waals surface area contributed by atoms with Gasteiger partial charge in [-0.15, -0.1) is 0 Å². The molecule has 6 aliphatic rings. The number of benzene rings is 3. The van der Waals surface area contributed by atoms with Crippen molar-refractivity contribution in [1.29, 1.82) is 5.26 Å². The van der Waals surface area contributed by atoms with Gasteiger partial charge < -0.3 is 19.4 Å². The summed E-state index contributed by atoms with van der Waals surface area (Å²) in [5, 5.41) is 11.8. The summed E-state index contributed by atoms with van der Waals surface area (Å²) in [6.07, 6.45) is 3.70. The third kappa shape index (κ3) is 6.64. The fourth-order valence-corrected chi connectivity index (χ4v) is 9.69. The molecule has 288 valence electrons. The Hall–Kier alpha value is -5.45. The molecular weight excluding hydrogens is 734 g/mol. The average Bonchev–Trinajstić information content (AvgIpc) is 3.59. The second-order valence-corrected chi connectivity index (χ2v) is 16.3. The van der Waals surface area contributed by atoms with Crippen LogP contribution >= 0.6 is 11.6 Å². The van der Waals surface area contributed by atoms with E-state index in [9.17, 15) is 24.0 Å². The Morgan fingerprint density at radius 3 is 2.20 bits per heavy atom. The Morgan fingerprint density at radius 1 is 0.821 bits per heavy atom. The molecule has 56 heavy (non-hydrogen) atoms. The van der Waals surface area contributed by atoms with Crippen molar-refractivity contribution in [2.75, 3.05) is 55.6 Å². The number of rotatable bonds is 8. The first-order chi connectivity index (χ1) is 27.1. The van der Waals surface area contributed by atoms with Crippen LogP contribution in [0.4, 0.5) is 11.4 Å². The number of nitriles is 1. The maximum Gasteiger partial charge on any atom is 0.262 e. The Bertz CT molecular complexity index is 2140. The van der Waals surface area contributed by atoms with Crippen molar-refractivity contribution in [1.82, 2.24) is 20.0 Å². The number of hydrogen-bond acceptors (Lipinski definition) is 10. The van der Waals surface area contributed by atoms with Crippen LogP contribution in [0.1, 0.15) is 75.2 Å². The zero-order chi connectivity index (χ0) is 38.7. The largest absolute Gasteiger partial charge is 0.490 e. The number of carbonyl (C=O) groups excluding carboxylic acids is 5. The molecule has 5 fully saturated rings. The number of hydrogen-bond donors (Lipinski definition) is 1. The number of piperazine rings is 1. The normalized spacial score (nSPS) is 25.2. The van der Waals surface area contributed by atoms with Gasteiger partial charge in [0.25, 0.3) is 17.7 Å². The molecule has 1 unspecified atom stereocenters. The van der Waals surface area contributed by atoms with Gasteiger partial charge in [-0.2, -0.15) is 5.26 Å². The molecule has 13 nitrogen and oxygen atoms in total. The number of nitrogens with one attached hydrogen (secondary N) is 1. The Labute approximate surface area is 329 Å².